The third kappa shape index (κ3) is 5.81. The molecule has 1 unspecified atom stereocenters. The molecule has 1 fully saturated rings. The summed E-state index contributed by atoms with van der Waals surface area (Å²) in [4.78, 5) is 15.9. The van der Waals surface area contributed by atoms with Crippen molar-refractivity contribution in [1.82, 2.24) is 15.1 Å². The van der Waals surface area contributed by atoms with Crippen molar-refractivity contribution in [3.05, 3.63) is 131 Å². The average Bonchev–Trinajstić information content (AvgIpc) is 3.73. The fourth-order valence-corrected chi connectivity index (χ4v) is 5.74. The molecule has 214 valence electrons. The van der Waals surface area contributed by atoms with Crippen molar-refractivity contribution in [2.75, 3.05) is 6.54 Å². The number of nitriles is 1. The van der Waals surface area contributed by atoms with Crippen molar-refractivity contribution in [2.24, 2.45) is 5.73 Å². The lowest BCUT2D eigenvalue weighted by Gasteiger charge is -2.25. The highest BCUT2D eigenvalue weighted by Crippen LogP contribution is 2.36. The molecule has 1 aromatic heterocycles. The van der Waals surface area contributed by atoms with E-state index in [2.05, 4.69) is 16.3 Å². The predicted molar refractivity (Wildman–Crippen MR) is 161 cm³/mol. The zero-order chi connectivity index (χ0) is 30.0. The summed E-state index contributed by atoms with van der Waals surface area (Å²) in [6, 6.07) is 30.8. The number of aromatic nitrogens is 2. The van der Waals surface area contributed by atoms with E-state index in [1.165, 1.54) is 12.1 Å². The topological polar surface area (TPSA) is 109 Å². The monoisotopic (exact) mass is 571 g/mol. The van der Waals surface area contributed by atoms with Crippen molar-refractivity contribution >= 4 is 5.91 Å². The summed E-state index contributed by atoms with van der Waals surface area (Å²) in [5, 5.41) is 18.4. The molecule has 2 atom stereocenters. The van der Waals surface area contributed by atoms with Crippen LogP contribution in [0.1, 0.15) is 58.7 Å². The molecule has 1 aliphatic rings. The Labute approximate surface area is 249 Å². The smallest absolute Gasteiger partial charge is 0.254 e. The molecule has 4 aromatic carbocycles. The van der Waals surface area contributed by atoms with Crippen LogP contribution in [0.15, 0.2) is 101 Å². The van der Waals surface area contributed by atoms with Crippen LogP contribution in [-0.2, 0) is 12.0 Å². The van der Waals surface area contributed by atoms with Crippen LogP contribution in [0.2, 0.25) is 0 Å². The van der Waals surface area contributed by atoms with Gasteiger partial charge in [-0.2, -0.15) is 5.26 Å². The van der Waals surface area contributed by atoms with Gasteiger partial charge in [-0.3, -0.25) is 4.79 Å². The van der Waals surface area contributed by atoms with Crippen molar-refractivity contribution < 1.29 is 13.6 Å². The maximum absolute atomic E-state index is 14.1. The molecular formula is C35H30FN5O2. The van der Waals surface area contributed by atoms with Gasteiger partial charge in [-0.25, -0.2) is 4.39 Å². The molecular weight excluding hydrogens is 541 g/mol. The summed E-state index contributed by atoms with van der Waals surface area (Å²) >= 11 is 0. The second kappa shape index (κ2) is 11.6. The first-order chi connectivity index (χ1) is 20.8. The molecule has 0 aliphatic carbocycles. The Bertz CT molecular complexity index is 1810. The SMILES string of the molecule is C[C@@](N)(Cc1ccccc1)c1nnc(-c2cc(C(=O)N3CCCC3c3ccc(F)cc3)cc(-c3ccccc3C#N)c2)o1. The molecule has 0 radical (unpaired) electrons. The Hall–Kier alpha value is -5.13. The average molecular weight is 572 g/mol. The summed E-state index contributed by atoms with van der Waals surface area (Å²) in [7, 11) is 0. The van der Waals surface area contributed by atoms with Crippen molar-refractivity contribution in [2.45, 2.75) is 37.8 Å². The standard InChI is InChI=1S/C35H30FN5O2/c1-35(38,21-23-8-3-2-4-9-23)34-40-39-32(43-34)27-18-26(30-11-6-5-10-25(30)22-37)19-28(20-27)33(42)41-17-7-12-31(41)24-13-15-29(36)16-14-24/h2-6,8-11,13-16,18-20,31H,7,12,17,21,38H2,1H3/t31?,35-/m1/s1. The third-order valence-electron chi connectivity index (χ3n) is 7.88. The van der Waals surface area contributed by atoms with Crippen LogP contribution in [0, 0.1) is 17.1 Å². The molecule has 0 spiro atoms. The van der Waals surface area contributed by atoms with Crippen LogP contribution in [0.5, 0.6) is 0 Å². The lowest BCUT2D eigenvalue weighted by molar-refractivity contribution is 0.0735. The zero-order valence-corrected chi connectivity index (χ0v) is 23.7. The maximum Gasteiger partial charge on any atom is 0.254 e. The van der Waals surface area contributed by atoms with E-state index < -0.39 is 5.54 Å². The fraction of sp³-hybridized carbons (Fsp3) is 0.200. The van der Waals surface area contributed by atoms with Gasteiger partial charge in [-0.05, 0) is 84.8 Å². The number of hydrogen-bond acceptors (Lipinski definition) is 6. The number of halogens is 1. The van der Waals surface area contributed by atoms with Gasteiger partial charge < -0.3 is 15.1 Å². The van der Waals surface area contributed by atoms with Gasteiger partial charge in [-0.1, -0.05) is 60.7 Å². The van der Waals surface area contributed by atoms with Gasteiger partial charge in [0.25, 0.3) is 5.91 Å². The second-order valence-electron chi connectivity index (χ2n) is 11.2. The molecule has 0 bridgehead atoms. The molecule has 1 amide bonds. The maximum atomic E-state index is 14.1. The third-order valence-corrected chi connectivity index (χ3v) is 7.88. The Morgan fingerprint density at radius 2 is 1.74 bits per heavy atom. The van der Waals surface area contributed by atoms with Crippen LogP contribution in [0.3, 0.4) is 0 Å². The molecule has 1 saturated heterocycles. The van der Waals surface area contributed by atoms with E-state index in [9.17, 15) is 14.4 Å². The number of rotatable bonds is 7. The van der Waals surface area contributed by atoms with Crippen LogP contribution in [0.4, 0.5) is 4.39 Å². The number of nitrogens with two attached hydrogens (primary N) is 1. The molecule has 7 nitrogen and oxygen atoms in total. The zero-order valence-electron chi connectivity index (χ0n) is 23.7. The van der Waals surface area contributed by atoms with Crippen LogP contribution in [0.25, 0.3) is 22.6 Å². The van der Waals surface area contributed by atoms with Crippen LogP contribution < -0.4 is 5.73 Å². The highest BCUT2D eigenvalue weighted by Gasteiger charge is 2.32. The summed E-state index contributed by atoms with van der Waals surface area (Å²) in [6.07, 6.45) is 2.11. The van der Waals surface area contributed by atoms with Crippen LogP contribution >= 0.6 is 0 Å². The fourth-order valence-electron chi connectivity index (χ4n) is 5.74. The van der Waals surface area contributed by atoms with Crippen LogP contribution in [-0.4, -0.2) is 27.5 Å². The molecule has 8 heteroatoms. The molecule has 0 saturated carbocycles. The first-order valence-electron chi connectivity index (χ1n) is 14.2. The molecule has 2 heterocycles. The van der Waals surface area contributed by atoms with Gasteiger partial charge in [0.15, 0.2) is 0 Å². The van der Waals surface area contributed by atoms with E-state index in [4.69, 9.17) is 10.2 Å². The van der Waals surface area contributed by atoms with E-state index in [1.807, 2.05) is 60.4 Å². The number of amides is 1. The predicted octanol–water partition coefficient (Wildman–Crippen LogP) is 6.81. The summed E-state index contributed by atoms with van der Waals surface area (Å²) in [5.41, 5.74) is 10.5. The van der Waals surface area contributed by atoms with Gasteiger partial charge in [0.05, 0.1) is 23.2 Å². The van der Waals surface area contributed by atoms with E-state index in [-0.39, 0.29) is 29.5 Å². The highest BCUT2D eigenvalue weighted by atomic mass is 19.1. The lowest BCUT2D eigenvalue weighted by atomic mass is 9.94. The number of nitrogens with zero attached hydrogens (tertiary/aromatic N) is 4. The summed E-state index contributed by atoms with van der Waals surface area (Å²) in [6.45, 7) is 2.42. The lowest BCUT2D eigenvalue weighted by Crippen LogP contribution is -2.35. The Balaban J connectivity index is 1.40. The first kappa shape index (κ1) is 28.0. The molecule has 6 rings (SSSR count). The van der Waals surface area contributed by atoms with Gasteiger partial charge in [0, 0.05) is 17.7 Å². The quantitative estimate of drug-likeness (QED) is 0.230. The molecule has 2 N–H and O–H groups in total. The highest BCUT2D eigenvalue weighted by molar-refractivity contribution is 5.97. The number of carbonyl (C=O) groups is 1. The second-order valence-corrected chi connectivity index (χ2v) is 11.2. The molecule has 1 aliphatic heterocycles. The van der Waals surface area contributed by atoms with Gasteiger partial charge in [0.2, 0.25) is 11.8 Å². The minimum Gasteiger partial charge on any atom is -0.419 e. The summed E-state index contributed by atoms with van der Waals surface area (Å²) < 4.78 is 19.8. The number of carbonyl (C=O) groups excluding carboxylic acids is 1. The number of likely N-dealkylation sites (tertiary alicyclic amines) is 1. The van der Waals surface area contributed by atoms with Crippen molar-refractivity contribution in [3.63, 3.8) is 0 Å². The molecule has 43 heavy (non-hydrogen) atoms. The van der Waals surface area contributed by atoms with E-state index in [1.54, 1.807) is 36.4 Å². The number of benzene rings is 4. The molecule has 5 aromatic rings. The number of hydrogen-bond donors (Lipinski definition) is 1. The normalized spacial score (nSPS) is 16.0. The van der Waals surface area contributed by atoms with Gasteiger partial charge in [-0.15, -0.1) is 10.2 Å². The van der Waals surface area contributed by atoms with E-state index in [0.717, 1.165) is 24.0 Å². The van der Waals surface area contributed by atoms with E-state index in [0.29, 0.717) is 40.8 Å². The minimum atomic E-state index is -0.922. The summed E-state index contributed by atoms with van der Waals surface area (Å²) in [5.74, 6) is 0.0146. The minimum absolute atomic E-state index is 0.169. The largest absolute Gasteiger partial charge is 0.419 e. The Morgan fingerprint density at radius 1 is 1.02 bits per heavy atom. The van der Waals surface area contributed by atoms with E-state index >= 15 is 0 Å². The Kier molecular flexibility index (Phi) is 7.58. The Morgan fingerprint density at radius 3 is 2.51 bits per heavy atom. The van der Waals surface area contributed by atoms with Gasteiger partial charge in [0.1, 0.15) is 5.82 Å². The van der Waals surface area contributed by atoms with Crippen molar-refractivity contribution in [1.29, 1.82) is 5.26 Å². The van der Waals surface area contributed by atoms with Crippen molar-refractivity contribution in [3.8, 4) is 28.7 Å². The first-order valence-corrected chi connectivity index (χ1v) is 14.2. The van der Waals surface area contributed by atoms with Gasteiger partial charge >= 0.3 is 0 Å².